The number of hydrogen-bond donors (Lipinski definition) is 2. The largest absolute Gasteiger partial charge is 0.296 e. The summed E-state index contributed by atoms with van der Waals surface area (Å²) < 4.78 is 41.5. The van der Waals surface area contributed by atoms with Crippen LogP contribution in [0, 0.1) is 17.7 Å². The number of allylic oxidation sites excluding steroid dienone is 1. The van der Waals surface area contributed by atoms with Gasteiger partial charge in [-0.1, -0.05) is 24.3 Å². The summed E-state index contributed by atoms with van der Waals surface area (Å²) in [5, 5.41) is 13.7. The minimum Gasteiger partial charge on any atom is -0.296 e. The van der Waals surface area contributed by atoms with Crippen LogP contribution in [0.3, 0.4) is 0 Å². The van der Waals surface area contributed by atoms with Crippen molar-refractivity contribution in [3.63, 3.8) is 0 Å². The lowest BCUT2D eigenvalue weighted by Gasteiger charge is -2.09. The van der Waals surface area contributed by atoms with Crippen LogP contribution in [0.4, 0.5) is 9.52 Å². The molecule has 2 unspecified atom stereocenters. The molecule has 0 spiro atoms. The molecule has 0 saturated heterocycles. The first kappa shape index (κ1) is 20.5. The second kappa shape index (κ2) is 8.13. The molecule has 1 aliphatic carbocycles. The normalized spacial score (nSPS) is 21.4. The molecule has 4 rings (SSSR count). The summed E-state index contributed by atoms with van der Waals surface area (Å²) in [6, 6.07) is 3.17. The number of aromatic nitrogens is 2. The summed E-state index contributed by atoms with van der Waals surface area (Å²) >= 11 is 2.85. The molecule has 1 fully saturated rings. The third-order valence-electron chi connectivity index (χ3n) is 4.74. The van der Waals surface area contributed by atoms with E-state index in [2.05, 4.69) is 33.2 Å². The second-order valence-corrected chi connectivity index (χ2v) is 10.9. The van der Waals surface area contributed by atoms with E-state index >= 15 is 0 Å². The van der Waals surface area contributed by atoms with Gasteiger partial charge < -0.3 is 0 Å². The lowest BCUT2D eigenvalue weighted by Crippen LogP contribution is -2.26. The van der Waals surface area contributed by atoms with Crippen molar-refractivity contribution in [2.24, 2.45) is 11.8 Å². The van der Waals surface area contributed by atoms with Crippen molar-refractivity contribution >= 4 is 44.2 Å². The molecule has 11 heteroatoms. The van der Waals surface area contributed by atoms with Crippen molar-refractivity contribution in [2.75, 3.05) is 11.9 Å². The van der Waals surface area contributed by atoms with Crippen molar-refractivity contribution in [1.82, 2.24) is 14.9 Å². The summed E-state index contributed by atoms with van der Waals surface area (Å²) in [5.74, 6) is -0.915. The van der Waals surface area contributed by atoms with E-state index in [0.717, 1.165) is 36.0 Å². The molecule has 2 aromatic rings. The molecular weight excluding hydrogens is 435 g/mol. The number of carbonyl (C=O) groups excluding carboxylic acids is 1. The molecule has 2 heterocycles. The molecule has 1 amide bonds. The Kier molecular flexibility index (Phi) is 5.74. The van der Waals surface area contributed by atoms with Gasteiger partial charge in [0.1, 0.15) is 10.8 Å². The minimum absolute atomic E-state index is 0.140. The molecule has 7 nitrogen and oxygen atoms in total. The Hall–Kier alpha value is -1.82. The number of benzene rings is 1. The third kappa shape index (κ3) is 4.68. The monoisotopic (exact) mass is 454 g/mol. The smallest absolute Gasteiger partial charge is 0.260 e. The van der Waals surface area contributed by atoms with Gasteiger partial charge in [0, 0.05) is 6.54 Å². The molecule has 29 heavy (non-hydrogen) atoms. The Bertz CT molecular complexity index is 1070. The van der Waals surface area contributed by atoms with Crippen LogP contribution in [0.2, 0.25) is 0 Å². The number of nitrogens with zero attached hydrogens (tertiary/aromatic N) is 2. The summed E-state index contributed by atoms with van der Waals surface area (Å²) in [6.07, 6.45) is 4.07. The van der Waals surface area contributed by atoms with E-state index in [1.54, 1.807) is 11.8 Å². The Labute approximate surface area is 176 Å². The highest BCUT2D eigenvalue weighted by Crippen LogP contribution is 2.44. The van der Waals surface area contributed by atoms with Crippen LogP contribution in [0.15, 0.2) is 34.6 Å². The Morgan fingerprint density at radius 1 is 1.31 bits per heavy atom. The molecule has 1 aromatic carbocycles. The van der Waals surface area contributed by atoms with Crippen LogP contribution in [0.5, 0.6) is 0 Å². The Morgan fingerprint density at radius 3 is 2.79 bits per heavy atom. The van der Waals surface area contributed by atoms with Gasteiger partial charge in [-0.3, -0.25) is 10.1 Å². The molecule has 2 atom stereocenters. The van der Waals surface area contributed by atoms with E-state index in [9.17, 15) is 17.6 Å². The first-order valence-electron chi connectivity index (χ1n) is 9.09. The molecule has 1 saturated carbocycles. The van der Waals surface area contributed by atoms with Gasteiger partial charge in [-0.15, -0.1) is 22.0 Å². The number of sulfonamides is 1. The lowest BCUT2D eigenvalue weighted by molar-refractivity contribution is 0.102. The maximum atomic E-state index is 14.2. The predicted molar refractivity (Wildman–Crippen MR) is 111 cm³/mol. The summed E-state index contributed by atoms with van der Waals surface area (Å²) in [4.78, 5) is 12.4. The van der Waals surface area contributed by atoms with E-state index in [1.165, 1.54) is 11.3 Å². The fraction of sp³-hybridized carbons (Fsp3) is 0.389. The van der Waals surface area contributed by atoms with Gasteiger partial charge in [-0.25, -0.2) is 17.5 Å². The van der Waals surface area contributed by atoms with Gasteiger partial charge >= 0.3 is 0 Å². The highest BCUT2D eigenvalue weighted by molar-refractivity contribution is 8.02. The average molecular weight is 455 g/mol. The van der Waals surface area contributed by atoms with Crippen molar-refractivity contribution in [3.05, 3.63) is 46.1 Å². The van der Waals surface area contributed by atoms with Crippen LogP contribution in [-0.4, -0.2) is 31.1 Å². The van der Waals surface area contributed by atoms with Crippen molar-refractivity contribution in [2.45, 2.75) is 29.9 Å². The molecule has 1 aromatic heterocycles. The standard InChI is InChI=1S/C18H19FN4O3S3/c1-10-6-7-27-15(10)17-22-23-18(28-17)21-16(24)13-8-12(4-5-14(13)19)29(25,26)20-9-11-2-3-11/h4-8,10-11,15,20H,2-3,9H2,1H3,(H,21,23,24). The number of amides is 1. The Morgan fingerprint density at radius 2 is 2.10 bits per heavy atom. The fourth-order valence-corrected chi connectivity index (χ4v) is 6.10. The zero-order valence-electron chi connectivity index (χ0n) is 15.5. The number of rotatable bonds is 7. The van der Waals surface area contributed by atoms with Gasteiger partial charge in [0.2, 0.25) is 15.2 Å². The van der Waals surface area contributed by atoms with E-state index in [0.29, 0.717) is 18.4 Å². The van der Waals surface area contributed by atoms with E-state index < -0.39 is 21.7 Å². The third-order valence-corrected chi connectivity index (χ3v) is 8.49. The van der Waals surface area contributed by atoms with Gasteiger partial charge in [0.15, 0.2) is 0 Å². The van der Waals surface area contributed by atoms with Gasteiger partial charge in [-0.2, -0.15) is 0 Å². The summed E-state index contributed by atoms with van der Waals surface area (Å²) in [5.41, 5.74) is -0.360. The van der Waals surface area contributed by atoms with E-state index in [1.807, 2.05) is 5.41 Å². The van der Waals surface area contributed by atoms with Gasteiger partial charge in [-0.05, 0) is 48.3 Å². The summed E-state index contributed by atoms with van der Waals surface area (Å²) in [6.45, 7) is 2.42. The lowest BCUT2D eigenvalue weighted by atomic mass is 10.1. The number of nitrogens with one attached hydrogen (secondary N) is 2. The van der Waals surface area contributed by atoms with Crippen LogP contribution in [0.25, 0.3) is 0 Å². The number of hydrogen-bond acceptors (Lipinski definition) is 7. The van der Waals surface area contributed by atoms with Crippen LogP contribution >= 0.6 is 23.1 Å². The SMILES string of the molecule is CC1C=CSC1c1nnc(NC(=O)c2cc(S(=O)(=O)NCC3CC3)ccc2F)s1. The Balaban J connectivity index is 1.49. The first-order valence-corrected chi connectivity index (χ1v) is 12.3. The van der Waals surface area contributed by atoms with Gasteiger partial charge in [0.25, 0.3) is 5.91 Å². The number of halogens is 1. The van der Waals surface area contributed by atoms with Crippen molar-refractivity contribution in [1.29, 1.82) is 0 Å². The molecule has 154 valence electrons. The second-order valence-electron chi connectivity index (χ2n) is 7.08. The van der Waals surface area contributed by atoms with Crippen molar-refractivity contribution in [3.8, 4) is 0 Å². The number of anilines is 1. The molecular formula is C18H19FN4O3S3. The molecule has 0 radical (unpaired) electrons. The predicted octanol–water partition coefficient (Wildman–Crippen LogP) is 3.56. The number of thioether (sulfide) groups is 1. The molecule has 0 bridgehead atoms. The van der Waals surface area contributed by atoms with Crippen LogP contribution < -0.4 is 10.0 Å². The van der Waals surface area contributed by atoms with Crippen LogP contribution in [-0.2, 0) is 10.0 Å². The van der Waals surface area contributed by atoms with Crippen molar-refractivity contribution < 1.29 is 17.6 Å². The average Bonchev–Trinajstić information content (AvgIpc) is 3.25. The number of carbonyl (C=O) groups is 1. The summed E-state index contributed by atoms with van der Waals surface area (Å²) in [7, 11) is -3.81. The highest BCUT2D eigenvalue weighted by Gasteiger charge is 2.27. The maximum absolute atomic E-state index is 14.2. The topological polar surface area (TPSA) is 101 Å². The zero-order chi connectivity index (χ0) is 20.6. The highest BCUT2D eigenvalue weighted by atomic mass is 32.2. The van der Waals surface area contributed by atoms with E-state index in [4.69, 9.17) is 0 Å². The molecule has 2 N–H and O–H groups in total. The van der Waals surface area contributed by atoms with E-state index in [-0.39, 0.29) is 20.8 Å². The molecule has 1 aliphatic heterocycles. The van der Waals surface area contributed by atoms with Crippen LogP contribution in [0.1, 0.15) is 40.4 Å². The minimum atomic E-state index is -3.81. The first-order chi connectivity index (χ1) is 13.8. The quantitative estimate of drug-likeness (QED) is 0.663. The molecule has 2 aliphatic rings. The zero-order valence-corrected chi connectivity index (χ0v) is 17.9. The fourth-order valence-electron chi connectivity index (χ4n) is 2.80. The maximum Gasteiger partial charge on any atom is 0.260 e. The van der Waals surface area contributed by atoms with Gasteiger partial charge in [0.05, 0.1) is 15.7 Å².